The van der Waals surface area contributed by atoms with Crippen LogP contribution in [0.5, 0.6) is 5.75 Å². The molecule has 0 saturated heterocycles. The molecule has 6 heteroatoms. The summed E-state index contributed by atoms with van der Waals surface area (Å²) in [7, 11) is 1.49. The van der Waals surface area contributed by atoms with Crippen LogP contribution in [-0.4, -0.2) is 30.1 Å². The molecule has 0 aliphatic heterocycles. The molecule has 1 aromatic carbocycles. The molecule has 0 aliphatic rings. The van der Waals surface area contributed by atoms with E-state index >= 15 is 0 Å². The highest BCUT2D eigenvalue weighted by Crippen LogP contribution is 2.22. The first-order chi connectivity index (χ1) is 9.16. The van der Waals surface area contributed by atoms with Crippen LogP contribution >= 0.6 is 0 Å². The SMILES string of the molecule is COc1ccc(C(=O)NC(C(=O)O)C(C)(C)C)c(N)c1. The number of nitrogens with two attached hydrogens (primary N) is 1. The lowest BCUT2D eigenvalue weighted by Crippen LogP contribution is -2.49. The first kappa shape index (κ1) is 15.8. The second kappa shape index (κ2) is 5.81. The van der Waals surface area contributed by atoms with Gasteiger partial charge in [-0.25, -0.2) is 4.79 Å². The maximum Gasteiger partial charge on any atom is 0.326 e. The van der Waals surface area contributed by atoms with E-state index < -0.39 is 23.3 Å². The third-order valence-corrected chi connectivity index (χ3v) is 2.89. The number of methoxy groups -OCH3 is 1. The molecule has 0 heterocycles. The molecule has 0 fully saturated rings. The number of carboxylic acids is 1. The fraction of sp³-hybridized carbons (Fsp3) is 0.429. The van der Waals surface area contributed by atoms with E-state index in [2.05, 4.69) is 5.32 Å². The van der Waals surface area contributed by atoms with Crippen molar-refractivity contribution in [3.05, 3.63) is 23.8 Å². The maximum absolute atomic E-state index is 12.1. The molecular weight excluding hydrogens is 260 g/mol. The molecule has 1 aromatic rings. The zero-order chi connectivity index (χ0) is 15.5. The number of anilines is 1. The summed E-state index contributed by atoms with van der Waals surface area (Å²) in [6, 6.07) is 3.61. The Morgan fingerprint density at radius 3 is 2.35 bits per heavy atom. The summed E-state index contributed by atoms with van der Waals surface area (Å²) in [5, 5.41) is 11.7. The summed E-state index contributed by atoms with van der Waals surface area (Å²) in [5.74, 6) is -1.07. The van der Waals surface area contributed by atoms with Crippen molar-refractivity contribution in [3.8, 4) is 5.75 Å². The first-order valence-electron chi connectivity index (χ1n) is 6.14. The van der Waals surface area contributed by atoms with E-state index in [4.69, 9.17) is 10.5 Å². The highest BCUT2D eigenvalue weighted by atomic mass is 16.5. The Morgan fingerprint density at radius 2 is 1.95 bits per heavy atom. The second-order valence-electron chi connectivity index (χ2n) is 5.56. The van der Waals surface area contributed by atoms with Crippen molar-refractivity contribution in [3.63, 3.8) is 0 Å². The smallest absolute Gasteiger partial charge is 0.326 e. The average molecular weight is 280 g/mol. The number of amides is 1. The number of hydrogen-bond donors (Lipinski definition) is 3. The molecule has 0 spiro atoms. The molecule has 0 bridgehead atoms. The summed E-state index contributed by atoms with van der Waals surface area (Å²) >= 11 is 0. The van der Waals surface area contributed by atoms with Gasteiger partial charge in [0.2, 0.25) is 0 Å². The van der Waals surface area contributed by atoms with E-state index in [1.807, 2.05) is 0 Å². The zero-order valence-electron chi connectivity index (χ0n) is 12.1. The van der Waals surface area contributed by atoms with Gasteiger partial charge >= 0.3 is 5.97 Å². The van der Waals surface area contributed by atoms with Crippen LogP contribution in [0.3, 0.4) is 0 Å². The minimum absolute atomic E-state index is 0.223. The molecule has 1 amide bonds. The van der Waals surface area contributed by atoms with Gasteiger partial charge in [-0.05, 0) is 17.5 Å². The molecular formula is C14H20N2O4. The minimum atomic E-state index is -1.09. The molecule has 0 radical (unpaired) electrons. The molecule has 1 unspecified atom stereocenters. The van der Waals surface area contributed by atoms with E-state index in [0.717, 1.165) is 0 Å². The predicted octanol–water partition coefficient (Wildman–Crippen LogP) is 1.51. The Labute approximate surface area is 117 Å². The lowest BCUT2D eigenvalue weighted by molar-refractivity contribution is -0.142. The quantitative estimate of drug-likeness (QED) is 0.725. The van der Waals surface area contributed by atoms with Crippen molar-refractivity contribution in [2.75, 3.05) is 12.8 Å². The number of carboxylic acid groups (broad SMARTS) is 1. The molecule has 0 aliphatic carbocycles. The third kappa shape index (κ3) is 3.63. The molecule has 0 aromatic heterocycles. The van der Waals surface area contributed by atoms with Crippen LogP contribution in [0.4, 0.5) is 5.69 Å². The molecule has 1 atom stereocenters. The van der Waals surface area contributed by atoms with Crippen LogP contribution in [0.15, 0.2) is 18.2 Å². The number of carbonyl (C=O) groups excluding carboxylic acids is 1. The Bertz CT molecular complexity index is 520. The van der Waals surface area contributed by atoms with Gasteiger partial charge in [-0.3, -0.25) is 4.79 Å². The zero-order valence-corrected chi connectivity index (χ0v) is 12.1. The number of rotatable bonds is 4. The average Bonchev–Trinajstić information content (AvgIpc) is 2.33. The predicted molar refractivity (Wildman–Crippen MR) is 75.8 cm³/mol. The van der Waals surface area contributed by atoms with E-state index in [-0.39, 0.29) is 11.3 Å². The Balaban J connectivity index is 2.98. The van der Waals surface area contributed by atoms with Gasteiger partial charge in [-0.15, -0.1) is 0 Å². The monoisotopic (exact) mass is 280 g/mol. The number of hydrogen-bond acceptors (Lipinski definition) is 4. The Morgan fingerprint density at radius 1 is 1.35 bits per heavy atom. The lowest BCUT2D eigenvalue weighted by atomic mass is 9.86. The van der Waals surface area contributed by atoms with Gasteiger partial charge in [0.05, 0.1) is 12.7 Å². The topological polar surface area (TPSA) is 102 Å². The van der Waals surface area contributed by atoms with Crippen molar-refractivity contribution >= 4 is 17.6 Å². The van der Waals surface area contributed by atoms with Gasteiger partial charge in [-0.1, -0.05) is 20.8 Å². The molecule has 4 N–H and O–H groups in total. The van der Waals surface area contributed by atoms with Crippen molar-refractivity contribution in [1.82, 2.24) is 5.32 Å². The number of carbonyl (C=O) groups is 2. The highest BCUT2D eigenvalue weighted by Gasteiger charge is 2.33. The molecule has 6 nitrogen and oxygen atoms in total. The summed E-state index contributed by atoms with van der Waals surface area (Å²) in [4.78, 5) is 23.4. The van der Waals surface area contributed by atoms with E-state index in [0.29, 0.717) is 5.75 Å². The van der Waals surface area contributed by atoms with Crippen LogP contribution in [0.2, 0.25) is 0 Å². The van der Waals surface area contributed by atoms with Crippen molar-refractivity contribution in [2.24, 2.45) is 5.41 Å². The first-order valence-corrected chi connectivity index (χ1v) is 6.14. The normalized spacial score (nSPS) is 12.6. The van der Waals surface area contributed by atoms with Gasteiger partial charge < -0.3 is 20.9 Å². The van der Waals surface area contributed by atoms with E-state index in [9.17, 15) is 14.7 Å². The summed E-state index contributed by atoms with van der Waals surface area (Å²) in [6.45, 7) is 5.22. The third-order valence-electron chi connectivity index (χ3n) is 2.89. The van der Waals surface area contributed by atoms with Gasteiger partial charge in [0.25, 0.3) is 5.91 Å². The van der Waals surface area contributed by atoms with Crippen molar-refractivity contribution in [2.45, 2.75) is 26.8 Å². The summed E-state index contributed by atoms with van der Waals surface area (Å²) in [6.07, 6.45) is 0. The number of ether oxygens (including phenoxy) is 1. The fourth-order valence-electron chi connectivity index (χ4n) is 1.73. The van der Waals surface area contributed by atoms with Gasteiger partial charge in [0.15, 0.2) is 0 Å². The summed E-state index contributed by atoms with van der Waals surface area (Å²) < 4.78 is 5.00. The highest BCUT2D eigenvalue weighted by molar-refractivity contribution is 6.01. The summed E-state index contributed by atoms with van der Waals surface area (Å²) in [5.41, 5.74) is 5.62. The van der Waals surface area contributed by atoms with Crippen LogP contribution < -0.4 is 15.8 Å². The molecule has 1 rings (SSSR count). The lowest BCUT2D eigenvalue weighted by Gasteiger charge is -2.27. The Hall–Kier alpha value is -2.24. The molecule has 110 valence electrons. The van der Waals surface area contributed by atoms with Gasteiger partial charge in [-0.2, -0.15) is 0 Å². The number of aliphatic carboxylic acids is 1. The largest absolute Gasteiger partial charge is 0.497 e. The van der Waals surface area contributed by atoms with Gasteiger partial charge in [0, 0.05) is 11.8 Å². The van der Waals surface area contributed by atoms with Crippen LogP contribution in [0.1, 0.15) is 31.1 Å². The van der Waals surface area contributed by atoms with Crippen molar-refractivity contribution in [1.29, 1.82) is 0 Å². The van der Waals surface area contributed by atoms with Gasteiger partial charge in [0.1, 0.15) is 11.8 Å². The molecule has 0 saturated carbocycles. The Kier molecular flexibility index (Phi) is 4.60. The standard InChI is InChI=1S/C14H20N2O4/c1-14(2,3)11(13(18)19)16-12(17)9-6-5-8(20-4)7-10(9)15/h5-7,11H,15H2,1-4H3,(H,16,17)(H,18,19). The van der Waals surface area contributed by atoms with Crippen LogP contribution in [0.25, 0.3) is 0 Å². The van der Waals surface area contributed by atoms with E-state index in [1.165, 1.54) is 19.2 Å². The van der Waals surface area contributed by atoms with Crippen LogP contribution in [0, 0.1) is 5.41 Å². The van der Waals surface area contributed by atoms with Crippen LogP contribution in [-0.2, 0) is 4.79 Å². The maximum atomic E-state index is 12.1. The number of nitrogens with one attached hydrogen (secondary N) is 1. The van der Waals surface area contributed by atoms with E-state index in [1.54, 1.807) is 26.8 Å². The number of nitrogen functional groups attached to an aromatic ring is 1. The minimum Gasteiger partial charge on any atom is -0.497 e. The fourth-order valence-corrected chi connectivity index (χ4v) is 1.73. The number of benzene rings is 1. The van der Waals surface area contributed by atoms with Crippen molar-refractivity contribution < 1.29 is 19.4 Å². The second-order valence-corrected chi connectivity index (χ2v) is 5.56. The molecule has 20 heavy (non-hydrogen) atoms.